The second kappa shape index (κ2) is 51.7. The van der Waals surface area contributed by atoms with Crippen molar-refractivity contribution >= 4 is 11.9 Å². The minimum absolute atomic E-state index is 0.0690. The molecule has 0 radical (unpaired) electrons. The quantitative estimate of drug-likeness (QED) is 0.0375. The van der Waals surface area contributed by atoms with Crippen LogP contribution >= 0.6 is 0 Å². The van der Waals surface area contributed by atoms with Gasteiger partial charge in [-0.15, -0.1) is 0 Å². The van der Waals surface area contributed by atoms with E-state index in [1.54, 1.807) is 0 Å². The van der Waals surface area contributed by atoms with Gasteiger partial charge in [-0.1, -0.05) is 234 Å². The summed E-state index contributed by atoms with van der Waals surface area (Å²) >= 11 is 0. The monoisotopic (exact) mass is 851 g/mol. The Balaban J connectivity index is 3.41. The Bertz CT molecular complexity index is 1100. The Morgan fingerprint density at radius 3 is 1.08 bits per heavy atom. The molecular formula is C56H98O5. The number of aliphatic hydroxyl groups excluding tert-OH is 1. The van der Waals surface area contributed by atoms with Crippen molar-refractivity contribution < 1.29 is 24.2 Å². The number of esters is 2. The first-order chi connectivity index (χ1) is 30.1. The van der Waals surface area contributed by atoms with E-state index in [1.807, 2.05) is 0 Å². The lowest BCUT2D eigenvalue weighted by molar-refractivity contribution is -0.161. The molecule has 0 saturated carbocycles. The third-order valence-corrected chi connectivity index (χ3v) is 11.2. The standard InChI is InChI=1S/C56H98O5/c1-3-5-7-9-11-13-15-16-17-18-19-20-21-22-23-24-25-26-27-28-29-30-31-32-33-34-35-36-37-38-39-40-41-43-45-47-49-51-56(59)61-54(52-57)53-60-55(58)50-48-46-44-42-14-12-10-8-6-4-2/h5,7-8,10-11,13,16-17,19-20,22-23,54,57H,3-4,6,9,12,14-15,18,21,24-53H2,1-2H3/b7-5-,10-8-,13-11-,17-16-,20-19-,23-22-. The molecule has 0 aliphatic heterocycles. The molecule has 0 saturated heterocycles. The van der Waals surface area contributed by atoms with E-state index < -0.39 is 6.10 Å². The minimum atomic E-state index is -0.773. The second-order valence-corrected chi connectivity index (χ2v) is 17.2. The number of hydrogen-bond donors (Lipinski definition) is 1. The molecule has 61 heavy (non-hydrogen) atoms. The molecule has 5 nitrogen and oxygen atoms in total. The fourth-order valence-corrected chi connectivity index (χ4v) is 7.35. The lowest BCUT2D eigenvalue weighted by atomic mass is 10.0. The highest BCUT2D eigenvalue weighted by atomic mass is 16.6. The van der Waals surface area contributed by atoms with Crippen LogP contribution in [0, 0.1) is 0 Å². The number of rotatable bonds is 47. The smallest absolute Gasteiger partial charge is 0.306 e. The Morgan fingerprint density at radius 1 is 0.393 bits per heavy atom. The Kier molecular flexibility index (Phi) is 49.4. The Hall–Kier alpha value is -2.66. The summed E-state index contributed by atoms with van der Waals surface area (Å²) in [6, 6.07) is 0. The summed E-state index contributed by atoms with van der Waals surface area (Å²) in [4.78, 5) is 24.3. The summed E-state index contributed by atoms with van der Waals surface area (Å²) in [5.41, 5.74) is 0. The molecule has 0 heterocycles. The van der Waals surface area contributed by atoms with Crippen LogP contribution in [0.3, 0.4) is 0 Å². The van der Waals surface area contributed by atoms with E-state index in [-0.39, 0.29) is 25.2 Å². The van der Waals surface area contributed by atoms with Crippen LogP contribution in [0.15, 0.2) is 72.9 Å². The normalized spacial score (nSPS) is 12.8. The average Bonchev–Trinajstić information content (AvgIpc) is 3.26. The van der Waals surface area contributed by atoms with E-state index in [9.17, 15) is 14.7 Å². The summed E-state index contributed by atoms with van der Waals surface area (Å²) in [5, 5.41) is 9.58. The minimum Gasteiger partial charge on any atom is -0.462 e. The van der Waals surface area contributed by atoms with Crippen molar-refractivity contribution in [1.82, 2.24) is 0 Å². The van der Waals surface area contributed by atoms with Crippen LogP contribution in [0.5, 0.6) is 0 Å². The summed E-state index contributed by atoms with van der Waals surface area (Å²) in [7, 11) is 0. The van der Waals surface area contributed by atoms with Crippen LogP contribution in [-0.4, -0.2) is 36.4 Å². The van der Waals surface area contributed by atoms with Gasteiger partial charge in [0.15, 0.2) is 6.10 Å². The van der Waals surface area contributed by atoms with Gasteiger partial charge in [-0.2, -0.15) is 0 Å². The van der Waals surface area contributed by atoms with E-state index >= 15 is 0 Å². The van der Waals surface area contributed by atoms with E-state index in [2.05, 4.69) is 86.8 Å². The van der Waals surface area contributed by atoms with Crippen molar-refractivity contribution in [3.05, 3.63) is 72.9 Å². The molecule has 1 atom stereocenters. The molecule has 5 heteroatoms. The highest BCUT2D eigenvalue weighted by molar-refractivity contribution is 5.70. The van der Waals surface area contributed by atoms with Crippen LogP contribution in [0.1, 0.15) is 251 Å². The molecule has 0 aliphatic rings. The molecule has 0 bridgehead atoms. The fourth-order valence-electron chi connectivity index (χ4n) is 7.35. The van der Waals surface area contributed by atoms with Crippen molar-refractivity contribution in [2.45, 2.75) is 258 Å². The van der Waals surface area contributed by atoms with E-state index in [4.69, 9.17) is 9.47 Å². The highest BCUT2D eigenvalue weighted by Crippen LogP contribution is 2.16. The highest BCUT2D eigenvalue weighted by Gasteiger charge is 2.16. The molecule has 0 aromatic heterocycles. The molecule has 1 unspecified atom stereocenters. The first-order valence-electron chi connectivity index (χ1n) is 26.0. The predicted octanol–water partition coefficient (Wildman–Crippen LogP) is 17.2. The molecule has 0 amide bonds. The number of carbonyl (C=O) groups excluding carboxylic acids is 2. The van der Waals surface area contributed by atoms with Crippen molar-refractivity contribution in [2.75, 3.05) is 13.2 Å². The molecular weight excluding hydrogens is 753 g/mol. The van der Waals surface area contributed by atoms with Crippen LogP contribution < -0.4 is 0 Å². The second-order valence-electron chi connectivity index (χ2n) is 17.2. The summed E-state index contributed by atoms with van der Waals surface area (Å²) < 4.78 is 10.6. The molecule has 0 rings (SSSR count). The van der Waals surface area contributed by atoms with Crippen LogP contribution in [0.2, 0.25) is 0 Å². The van der Waals surface area contributed by atoms with Crippen LogP contribution in [0.25, 0.3) is 0 Å². The molecule has 0 aliphatic carbocycles. The third-order valence-electron chi connectivity index (χ3n) is 11.2. The van der Waals surface area contributed by atoms with E-state index in [0.29, 0.717) is 12.8 Å². The van der Waals surface area contributed by atoms with Crippen molar-refractivity contribution in [3.63, 3.8) is 0 Å². The van der Waals surface area contributed by atoms with Crippen LogP contribution in [0.4, 0.5) is 0 Å². The zero-order chi connectivity index (χ0) is 44.2. The molecule has 1 N–H and O–H groups in total. The fraction of sp³-hybridized carbons (Fsp3) is 0.750. The van der Waals surface area contributed by atoms with Gasteiger partial charge in [-0.05, 0) is 77.0 Å². The summed E-state index contributed by atoms with van der Waals surface area (Å²) in [6.07, 6.45) is 70.3. The molecule has 0 spiro atoms. The van der Waals surface area contributed by atoms with E-state index in [0.717, 1.165) is 83.5 Å². The third kappa shape index (κ3) is 49.9. The maximum atomic E-state index is 12.2. The van der Waals surface area contributed by atoms with Gasteiger partial charge in [-0.25, -0.2) is 0 Å². The topological polar surface area (TPSA) is 72.8 Å². The lowest BCUT2D eigenvalue weighted by Gasteiger charge is -2.15. The van der Waals surface area contributed by atoms with Gasteiger partial charge in [0, 0.05) is 12.8 Å². The Morgan fingerprint density at radius 2 is 0.705 bits per heavy atom. The summed E-state index contributed by atoms with van der Waals surface area (Å²) in [5.74, 6) is -0.597. The number of aliphatic hydroxyl groups is 1. The van der Waals surface area contributed by atoms with Crippen LogP contribution in [-0.2, 0) is 19.1 Å². The van der Waals surface area contributed by atoms with Crippen molar-refractivity contribution in [1.29, 1.82) is 0 Å². The van der Waals surface area contributed by atoms with Crippen molar-refractivity contribution in [3.8, 4) is 0 Å². The number of unbranched alkanes of at least 4 members (excludes halogenated alkanes) is 27. The number of hydrogen-bond acceptors (Lipinski definition) is 5. The summed E-state index contributed by atoms with van der Waals surface area (Å²) in [6.45, 7) is 3.96. The largest absolute Gasteiger partial charge is 0.462 e. The zero-order valence-corrected chi connectivity index (χ0v) is 40.2. The van der Waals surface area contributed by atoms with Gasteiger partial charge in [-0.3, -0.25) is 9.59 Å². The number of allylic oxidation sites excluding steroid dienone is 12. The molecule has 352 valence electrons. The van der Waals surface area contributed by atoms with Gasteiger partial charge in [0.25, 0.3) is 0 Å². The van der Waals surface area contributed by atoms with Crippen molar-refractivity contribution in [2.24, 2.45) is 0 Å². The SMILES string of the molecule is CC/C=C\C/C=C\C/C=C\C/C=C\C/C=C\CCCCCCCCCCCCCCCCCCCCCCCC(=O)OC(CO)COC(=O)CCCCCCC/C=C\CCC. The zero-order valence-electron chi connectivity index (χ0n) is 40.2. The Labute approximate surface area is 378 Å². The molecule has 0 aromatic carbocycles. The van der Waals surface area contributed by atoms with E-state index in [1.165, 1.54) is 141 Å². The van der Waals surface area contributed by atoms with Gasteiger partial charge in [0.2, 0.25) is 0 Å². The van der Waals surface area contributed by atoms with Gasteiger partial charge < -0.3 is 14.6 Å². The molecule has 0 aromatic rings. The number of carbonyl (C=O) groups is 2. The average molecular weight is 851 g/mol. The van der Waals surface area contributed by atoms with Gasteiger partial charge >= 0.3 is 11.9 Å². The number of ether oxygens (including phenoxy) is 2. The molecule has 0 fully saturated rings. The van der Waals surface area contributed by atoms with Gasteiger partial charge in [0.1, 0.15) is 6.61 Å². The first kappa shape index (κ1) is 58.3. The predicted molar refractivity (Wildman–Crippen MR) is 265 cm³/mol. The maximum absolute atomic E-state index is 12.2. The first-order valence-corrected chi connectivity index (χ1v) is 26.0. The maximum Gasteiger partial charge on any atom is 0.306 e. The van der Waals surface area contributed by atoms with Gasteiger partial charge in [0.05, 0.1) is 6.61 Å². The lowest BCUT2D eigenvalue weighted by Crippen LogP contribution is -2.28.